The molecule has 0 radical (unpaired) electrons. The Bertz CT molecular complexity index is 1530. The first-order valence-electron chi connectivity index (χ1n) is 13.0. The van der Waals surface area contributed by atoms with E-state index in [0.717, 1.165) is 54.3 Å². The fraction of sp³-hybridized carbons (Fsp3) is 0.464. The Morgan fingerprint density at radius 2 is 2.08 bits per heavy atom. The lowest BCUT2D eigenvalue weighted by molar-refractivity contribution is -0.172. The second-order valence-corrected chi connectivity index (χ2v) is 10.4. The van der Waals surface area contributed by atoms with E-state index < -0.39 is 11.6 Å². The van der Waals surface area contributed by atoms with Gasteiger partial charge in [0.25, 0.3) is 5.56 Å². The van der Waals surface area contributed by atoms with Crippen molar-refractivity contribution in [3.05, 3.63) is 61.7 Å². The van der Waals surface area contributed by atoms with Gasteiger partial charge >= 0.3 is 5.97 Å². The lowest BCUT2D eigenvalue weighted by Gasteiger charge is -2.31. The molecule has 0 saturated carbocycles. The summed E-state index contributed by atoms with van der Waals surface area (Å²) in [4.78, 5) is 31.0. The predicted octanol–water partition coefficient (Wildman–Crippen LogP) is 2.84. The van der Waals surface area contributed by atoms with Crippen molar-refractivity contribution in [1.29, 1.82) is 0 Å². The first-order chi connectivity index (χ1) is 17.8. The van der Waals surface area contributed by atoms with E-state index in [1.807, 2.05) is 6.92 Å². The highest BCUT2D eigenvalue weighted by Crippen LogP contribution is 2.45. The minimum absolute atomic E-state index is 0.0338. The van der Waals surface area contributed by atoms with Crippen molar-refractivity contribution >= 4 is 16.9 Å². The number of aliphatic hydroxyl groups is 1. The Hall–Kier alpha value is -3.14. The van der Waals surface area contributed by atoms with Gasteiger partial charge in [0.1, 0.15) is 12.4 Å². The van der Waals surface area contributed by atoms with Gasteiger partial charge in [0.05, 0.1) is 29.0 Å². The number of pyridine rings is 2. The van der Waals surface area contributed by atoms with Gasteiger partial charge in [0.2, 0.25) is 0 Å². The number of hydrogen-bond donors (Lipinski definition) is 3. The van der Waals surface area contributed by atoms with Crippen LogP contribution >= 0.6 is 0 Å². The fourth-order valence-electron chi connectivity index (χ4n) is 6.30. The molecule has 194 valence electrons. The molecule has 0 amide bonds. The van der Waals surface area contributed by atoms with Crippen LogP contribution in [0.4, 0.5) is 4.39 Å². The molecule has 2 aromatic heterocycles. The summed E-state index contributed by atoms with van der Waals surface area (Å²) in [5.41, 5.74) is 9.37. The molecule has 9 heteroatoms. The fourth-order valence-corrected chi connectivity index (χ4v) is 6.30. The van der Waals surface area contributed by atoms with Crippen LogP contribution in [0, 0.1) is 12.7 Å². The summed E-state index contributed by atoms with van der Waals surface area (Å²) in [6.07, 6.45) is 3.51. The van der Waals surface area contributed by atoms with E-state index >= 15 is 0 Å². The highest BCUT2D eigenvalue weighted by Gasteiger charge is 2.45. The highest BCUT2D eigenvalue weighted by molar-refractivity contribution is 5.93. The number of halogens is 1. The summed E-state index contributed by atoms with van der Waals surface area (Å²) in [6, 6.07) is 3.22. The first kappa shape index (κ1) is 24.2. The number of ether oxygens (including phenoxy) is 1. The number of carbonyl (C=O) groups excluding carboxylic acids is 1. The molecule has 6 rings (SSSR count). The number of aryl methyl sites for hydroxylation is 1. The van der Waals surface area contributed by atoms with E-state index in [2.05, 4.69) is 5.32 Å². The lowest BCUT2D eigenvalue weighted by atomic mass is 9.81. The van der Waals surface area contributed by atoms with Crippen LogP contribution in [0.15, 0.2) is 16.9 Å². The molecule has 0 fully saturated rings. The molecule has 4 heterocycles. The number of hydrogen-bond acceptors (Lipinski definition) is 7. The Balaban J connectivity index is 1.59. The number of aromatic nitrogens is 2. The number of fused-ring (bicyclic) bond motifs is 5. The standard InChI is InChI=1S/C28H31FN4O4/c1-3-28(36)18-10-22-25-16(12-33(22)26(34)17(18)13-37-27(28)35)24-20(31-9-5-4-8-30)7-6-15-14(2)19(29)11-21(32-25)23(15)24/h10-11,20,31,36H,3-9,12-13,30H2,1-2H3/t20-,28-/m0/s1. The maximum Gasteiger partial charge on any atom is 0.343 e. The smallest absolute Gasteiger partial charge is 0.343 e. The second-order valence-electron chi connectivity index (χ2n) is 10.4. The van der Waals surface area contributed by atoms with Crippen LogP contribution in [0.5, 0.6) is 0 Å². The average molecular weight is 507 g/mol. The molecule has 1 aliphatic carbocycles. The van der Waals surface area contributed by atoms with Gasteiger partial charge in [-0.2, -0.15) is 0 Å². The van der Waals surface area contributed by atoms with Crippen molar-refractivity contribution < 1.29 is 19.0 Å². The van der Waals surface area contributed by atoms with Crippen LogP contribution in [0.2, 0.25) is 0 Å². The number of rotatable bonds is 6. The first-order valence-corrected chi connectivity index (χ1v) is 13.0. The molecule has 1 aromatic carbocycles. The maximum atomic E-state index is 15.0. The molecule has 37 heavy (non-hydrogen) atoms. The molecule has 4 N–H and O–H groups in total. The monoisotopic (exact) mass is 506 g/mol. The SMILES string of the molecule is CC[C@@]1(O)C(=O)OCc2c1cc1n(c2=O)Cc2c-1nc1cc(F)c(C)c3c1c2[C@@H](NCCCCN)CC3. The van der Waals surface area contributed by atoms with E-state index in [9.17, 15) is 19.1 Å². The Morgan fingerprint density at radius 3 is 2.84 bits per heavy atom. The van der Waals surface area contributed by atoms with Gasteiger partial charge in [-0.15, -0.1) is 0 Å². The zero-order valence-corrected chi connectivity index (χ0v) is 21.1. The van der Waals surface area contributed by atoms with Crippen LogP contribution in [0.25, 0.3) is 22.3 Å². The number of benzene rings is 1. The summed E-state index contributed by atoms with van der Waals surface area (Å²) in [7, 11) is 0. The molecule has 3 aliphatic rings. The second kappa shape index (κ2) is 8.72. The van der Waals surface area contributed by atoms with Gasteiger partial charge in [-0.1, -0.05) is 6.92 Å². The van der Waals surface area contributed by atoms with E-state index in [-0.39, 0.29) is 41.6 Å². The normalized spacial score (nSPS) is 21.5. The van der Waals surface area contributed by atoms with Crippen molar-refractivity contribution in [2.24, 2.45) is 5.73 Å². The Morgan fingerprint density at radius 1 is 1.27 bits per heavy atom. The van der Waals surface area contributed by atoms with Gasteiger partial charge in [-0.25, -0.2) is 14.2 Å². The minimum atomic E-state index is -1.89. The number of nitrogens with one attached hydrogen (secondary N) is 1. The minimum Gasteiger partial charge on any atom is -0.458 e. The van der Waals surface area contributed by atoms with Crippen molar-refractivity contribution in [2.45, 2.75) is 70.7 Å². The summed E-state index contributed by atoms with van der Waals surface area (Å²) in [6.45, 7) is 5.09. The van der Waals surface area contributed by atoms with Gasteiger partial charge < -0.3 is 25.5 Å². The zero-order valence-electron chi connectivity index (χ0n) is 21.1. The van der Waals surface area contributed by atoms with Crippen LogP contribution in [0.3, 0.4) is 0 Å². The quantitative estimate of drug-likeness (QED) is 0.272. The molecule has 3 aromatic rings. The molecule has 2 aliphatic heterocycles. The van der Waals surface area contributed by atoms with Crippen LogP contribution in [-0.2, 0) is 34.7 Å². The summed E-state index contributed by atoms with van der Waals surface area (Å²) in [5, 5.41) is 15.8. The van der Waals surface area contributed by atoms with E-state index in [1.165, 1.54) is 6.07 Å². The third kappa shape index (κ3) is 3.41. The van der Waals surface area contributed by atoms with Crippen molar-refractivity contribution in [3.63, 3.8) is 0 Å². The van der Waals surface area contributed by atoms with Gasteiger partial charge in [-0.05, 0) is 74.9 Å². The van der Waals surface area contributed by atoms with Gasteiger partial charge in [-0.3, -0.25) is 4.79 Å². The van der Waals surface area contributed by atoms with E-state index in [1.54, 1.807) is 17.6 Å². The van der Waals surface area contributed by atoms with Crippen LogP contribution < -0.4 is 16.6 Å². The summed E-state index contributed by atoms with van der Waals surface area (Å²) >= 11 is 0. The molecule has 0 bridgehead atoms. The number of nitrogens with two attached hydrogens (primary N) is 1. The molecular weight excluding hydrogens is 475 g/mol. The van der Waals surface area contributed by atoms with Gasteiger partial charge in [0.15, 0.2) is 5.60 Å². The average Bonchev–Trinajstić information content (AvgIpc) is 3.26. The molecule has 0 saturated heterocycles. The van der Waals surface area contributed by atoms with E-state index in [0.29, 0.717) is 35.6 Å². The highest BCUT2D eigenvalue weighted by atomic mass is 19.1. The molecular formula is C28H31FN4O4. The number of nitrogens with zero attached hydrogens (tertiary/aromatic N) is 2. The zero-order chi connectivity index (χ0) is 26.1. The topological polar surface area (TPSA) is 119 Å². The molecule has 8 nitrogen and oxygen atoms in total. The van der Waals surface area contributed by atoms with Gasteiger partial charge in [0, 0.05) is 28.6 Å². The largest absolute Gasteiger partial charge is 0.458 e. The van der Waals surface area contributed by atoms with Crippen LogP contribution in [-0.4, -0.2) is 33.7 Å². The number of esters is 1. The molecule has 2 atom stereocenters. The molecule has 0 spiro atoms. The Kier molecular flexibility index (Phi) is 5.70. The van der Waals surface area contributed by atoms with E-state index in [4.69, 9.17) is 15.5 Å². The van der Waals surface area contributed by atoms with Crippen molar-refractivity contribution in [2.75, 3.05) is 13.1 Å². The third-order valence-electron chi connectivity index (χ3n) is 8.40. The predicted molar refractivity (Wildman–Crippen MR) is 137 cm³/mol. The summed E-state index contributed by atoms with van der Waals surface area (Å²) in [5.74, 6) is -1.05. The number of carbonyl (C=O) groups is 1. The summed E-state index contributed by atoms with van der Waals surface area (Å²) < 4.78 is 21.8. The third-order valence-corrected chi connectivity index (χ3v) is 8.40. The van der Waals surface area contributed by atoms with Crippen molar-refractivity contribution in [1.82, 2.24) is 14.9 Å². The maximum absolute atomic E-state index is 15.0. The number of cyclic esters (lactones) is 1. The number of unbranched alkanes of at least 4 members (excludes halogenated alkanes) is 1. The van der Waals surface area contributed by atoms with Crippen LogP contribution in [0.1, 0.15) is 72.0 Å². The Labute approximate surface area is 213 Å². The molecule has 0 unspecified atom stereocenters. The lowest BCUT2D eigenvalue weighted by Crippen LogP contribution is -2.44. The van der Waals surface area contributed by atoms with Crippen molar-refractivity contribution in [3.8, 4) is 11.4 Å².